The number of amides is 1. The molecule has 1 amide bonds. The number of carbonyl (C=O) groups excluding carboxylic acids is 2. The number of halogens is 2. The molecule has 2 aromatic carbocycles. The van der Waals surface area contributed by atoms with Crippen LogP contribution in [0.2, 0.25) is 5.02 Å². The maximum atomic E-state index is 13.3. The molecule has 0 spiro atoms. The molecule has 0 atom stereocenters. The van der Waals surface area contributed by atoms with Crippen molar-refractivity contribution in [1.82, 2.24) is 0 Å². The zero-order valence-electron chi connectivity index (χ0n) is 16.0. The molecule has 2 rings (SSSR count). The van der Waals surface area contributed by atoms with Gasteiger partial charge in [-0.25, -0.2) is 8.42 Å². The number of hydrogen-bond acceptors (Lipinski definition) is 5. The zero-order chi connectivity index (χ0) is 21.8. The van der Waals surface area contributed by atoms with Gasteiger partial charge in [0.1, 0.15) is 6.54 Å². The number of benzene rings is 2. The number of nitrogens with zero attached hydrogens (tertiary/aromatic N) is 1. The maximum absolute atomic E-state index is 13.3. The first-order valence-electron chi connectivity index (χ1n) is 8.55. The van der Waals surface area contributed by atoms with Crippen LogP contribution in [0.4, 0.5) is 11.4 Å². The summed E-state index contributed by atoms with van der Waals surface area (Å²) in [4.78, 5) is 23.3. The highest BCUT2D eigenvalue weighted by atomic mass is 79.9. The molecule has 0 saturated carbocycles. The Hall–Kier alpha value is -2.10. The van der Waals surface area contributed by atoms with Gasteiger partial charge < -0.3 is 10.1 Å². The lowest BCUT2D eigenvalue weighted by molar-refractivity contribution is -0.145. The van der Waals surface area contributed by atoms with Gasteiger partial charge in [-0.15, -0.1) is 0 Å². The fraction of sp³-hybridized carbons (Fsp3) is 0.263. The molecule has 0 fully saturated rings. The number of hydrogen-bond donors (Lipinski definition) is 1. The Morgan fingerprint density at radius 1 is 1.17 bits per heavy atom. The van der Waals surface area contributed by atoms with E-state index in [4.69, 9.17) is 16.3 Å². The summed E-state index contributed by atoms with van der Waals surface area (Å²) in [6, 6.07) is 10.3. The van der Waals surface area contributed by atoms with Crippen LogP contribution in [0.5, 0.6) is 0 Å². The molecule has 2 aromatic rings. The first-order chi connectivity index (χ1) is 13.5. The van der Waals surface area contributed by atoms with Crippen LogP contribution in [0.1, 0.15) is 20.8 Å². The van der Waals surface area contributed by atoms with E-state index in [1.165, 1.54) is 43.3 Å². The lowest BCUT2D eigenvalue weighted by Gasteiger charge is -2.25. The molecule has 29 heavy (non-hydrogen) atoms. The minimum atomic E-state index is -4.15. The quantitative estimate of drug-likeness (QED) is 0.572. The predicted octanol–water partition coefficient (Wildman–Crippen LogP) is 4.21. The van der Waals surface area contributed by atoms with E-state index in [2.05, 4.69) is 21.2 Å². The molecule has 0 aromatic heterocycles. The highest BCUT2D eigenvalue weighted by Crippen LogP contribution is 2.33. The highest BCUT2D eigenvalue weighted by Gasteiger charge is 2.29. The topological polar surface area (TPSA) is 92.8 Å². The number of anilines is 2. The van der Waals surface area contributed by atoms with Crippen molar-refractivity contribution in [2.24, 2.45) is 0 Å². The normalized spacial score (nSPS) is 11.2. The molecular weight excluding hydrogens is 484 g/mol. The molecule has 156 valence electrons. The van der Waals surface area contributed by atoms with Crippen molar-refractivity contribution in [3.8, 4) is 0 Å². The Bertz CT molecular complexity index is 1010. The zero-order valence-corrected chi connectivity index (χ0v) is 19.1. The van der Waals surface area contributed by atoms with Gasteiger partial charge in [0.2, 0.25) is 5.91 Å². The lowest BCUT2D eigenvalue weighted by atomic mass is 10.3. The van der Waals surface area contributed by atoms with Gasteiger partial charge in [-0.3, -0.25) is 13.9 Å². The van der Waals surface area contributed by atoms with E-state index >= 15 is 0 Å². The molecule has 0 heterocycles. The summed E-state index contributed by atoms with van der Waals surface area (Å²) in [6.07, 6.45) is -0.399. The van der Waals surface area contributed by atoms with Crippen molar-refractivity contribution >= 4 is 60.8 Å². The van der Waals surface area contributed by atoms with Gasteiger partial charge in [0.15, 0.2) is 0 Å². The summed E-state index contributed by atoms with van der Waals surface area (Å²) in [7, 11) is -4.15. The lowest BCUT2D eigenvalue weighted by Crippen LogP contribution is -2.37. The van der Waals surface area contributed by atoms with E-state index in [0.717, 1.165) is 4.31 Å². The summed E-state index contributed by atoms with van der Waals surface area (Å²) in [6.45, 7) is 4.14. The minimum absolute atomic E-state index is 0.0667. The minimum Gasteiger partial charge on any atom is -0.462 e. The van der Waals surface area contributed by atoms with Crippen LogP contribution in [-0.4, -0.2) is 32.9 Å². The second-order valence-electron chi connectivity index (χ2n) is 6.35. The van der Waals surface area contributed by atoms with Crippen LogP contribution in [-0.2, 0) is 24.3 Å². The molecule has 0 aliphatic rings. The van der Waals surface area contributed by atoms with Crippen LogP contribution in [0.25, 0.3) is 0 Å². The number of nitrogens with one attached hydrogen (secondary N) is 1. The molecule has 1 N–H and O–H groups in total. The standard InChI is InChI=1S/C19H20BrClN2O5S/c1-12(2)28-19(25)11-23(18-9-4-14(20)10-17(18)21)29(26,27)16-7-5-15(6-8-16)22-13(3)24/h4-10,12H,11H2,1-3H3,(H,22,24). The Labute approximate surface area is 183 Å². The Balaban J connectivity index is 2.47. The fourth-order valence-corrected chi connectivity index (χ4v) is 4.69. The van der Waals surface area contributed by atoms with E-state index in [-0.39, 0.29) is 21.5 Å². The molecule has 7 nitrogen and oxygen atoms in total. The molecule has 0 aliphatic heterocycles. The van der Waals surface area contributed by atoms with E-state index in [9.17, 15) is 18.0 Å². The van der Waals surface area contributed by atoms with Crippen molar-refractivity contribution in [2.75, 3.05) is 16.2 Å². The van der Waals surface area contributed by atoms with Crippen molar-refractivity contribution < 1.29 is 22.7 Å². The smallest absolute Gasteiger partial charge is 0.327 e. The van der Waals surface area contributed by atoms with Crippen molar-refractivity contribution in [3.05, 3.63) is 52.0 Å². The first-order valence-corrected chi connectivity index (χ1v) is 11.2. The van der Waals surface area contributed by atoms with Crippen LogP contribution >= 0.6 is 27.5 Å². The monoisotopic (exact) mass is 502 g/mol. The molecular formula is C19H20BrClN2O5S. The summed E-state index contributed by atoms with van der Waals surface area (Å²) in [5, 5.41) is 2.71. The van der Waals surface area contributed by atoms with E-state index in [0.29, 0.717) is 10.2 Å². The Morgan fingerprint density at radius 2 is 1.79 bits per heavy atom. The number of carbonyl (C=O) groups is 2. The summed E-state index contributed by atoms with van der Waals surface area (Å²) in [5.41, 5.74) is 0.588. The second kappa shape index (κ2) is 9.60. The molecule has 0 bridgehead atoms. The second-order valence-corrected chi connectivity index (χ2v) is 9.54. The van der Waals surface area contributed by atoms with Gasteiger partial charge in [0.25, 0.3) is 10.0 Å². The molecule has 0 unspecified atom stereocenters. The summed E-state index contributed by atoms with van der Waals surface area (Å²) in [5.74, 6) is -0.988. The third kappa shape index (κ3) is 6.19. The largest absolute Gasteiger partial charge is 0.462 e. The van der Waals surface area contributed by atoms with Crippen LogP contribution in [0.15, 0.2) is 51.8 Å². The van der Waals surface area contributed by atoms with Crippen LogP contribution < -0.4 is 9.62 Å². The van der Waals surface area contributed by atoms with Gasteiger partial charge in [-0.05, 0) is 56.3 Å². The van der Waals surface area contributed by atoms with Gasteiger partial charge in [0, 0.05) is 17.1 Å². The third-order valence-electron chi connectivity index (χ3n) is 3.58. The van der Waals surface area contributed by atoms with Gasteiger partial charge in [-0.1, -0.05) is 27.5 Å². The SMILES string of the molecule is CC(=O)Nc1ccc(S(=O)(=O)N(CC(=O)OC(C)C)c2ccc(Br)cc2Cl)cc1. The fourth-order valence-electron chi connectivity index (χ4n) is 2.44. The van der Waals surface area contributed by atoms with E-state index < -0.39 is 28.6 Å². The van der Waals surface area contributed by atoms with Crippen molar-refractivity contribution in [3.63, 3.8) is 0 Å². The summed E-state index contributed by atoms with van der Waals surface area (Å²) < 4.78 is 33.2. The Morgan fingerprint density at radius 3 is 2.31 bits per heavy atom. The number of sulfonamides is 1. The van der Waals surface area contributed by atoms with Gasteiger partial charge >= 0.3 is 5.97 Å². The Kier molecular flexibility index (Phi) is 7.67. The van der Waals surface area contributed by atoms with Crippen molar-refractivity contribution in [1.29, 1.82) is 0 Å². The van der Waals surface area contributed by atoms with Gasteiger partial charge in [-0.2, -0.15) is 0 Å². The van der Waals surface area contributed by atoms with Crippen LogP contribution in [0.3, 0.4) is 0 Å². The predicted molar refractivity (Wildman–Crippen MR) is 116 cm³/mol. The third-order valence-corrected chi connectivity index (χ3v) is 6.15. The van der Waals surface area contributed by atoms with E-state index in [1.54, 1.807) is 19.9 Å². The highest BCUT2D eigenvalue weighted by molar-refractivity contribution is 9.10. The molecule has 0 saturated heterocycles. The number of ether oxygens (including phenoxy) is 1. The molecule has 0 aliphatic carbocycles. The van der Waals surface area contributed by atoms with E-state index in [1.807, 2.05) is 0 Å². The summed E-state index contributed by atoms with van der Waals surface area (Å²) >= 11 is 9.53. The number of esters is 1. The molecule has 10 heteroatoms. The van der Waals surface area contributed by atoms with Crippen LogP contribution in [0, 0.1) is 0 Å². The first kappa shape index (κ1) is 23.2. The van der Waals surface area contributed by atoms with Gasteiger partial charge in [0.05, 0.1) is 21.7 Å². The molecule has 0 radical (unpaired) electrons. The maximum Gasteiger partial charge on any atom is 0.327 e. The average Bonchev–Trinajstić information content (AvgIpc) is 2.59. The van der Waals surface area contributed by atoms with Crippen molar-refractivity contribution in [2.45, 2.75) is 31.8 Å². The number of rotatable bonds is 7. The average molecular weight is 504 g/mol.